The van der Waals surface area contributed by atoms with Crippen molar-refractivity contribution < 1.29 is 4.79 Å². The van der Waals surface area contributed by atoms with Gasteiger partial charge in [0.15, 0.2) is 0 Å². The second-order valence-corrected chi connectivity index (χ2v) is 6.74. The molecule has 0 radical (unpaired) electrons. The smallest absolute Gasteiger partial charge is 0.321 e. The normalized spacial score (nSPS) is 16.3. The number of rotatable bonds is 6. The summed E-state index contributed by atoms with van der Waals surface area (Å²) in [4.78, 5) is 22.0. The Labute approximate surface area is 149 Å². The number of urea groups is 1. The van der Waals surface area contributed by atoms with Crippen LogP contribution in [0.4, 0.5) is 10.5 Å². The molecule has 5 nitrogen and oxygen atoms in total. The van der Waals surface area contributed by atoms with E-state index in [1.807, 2.05) is 23.2 Å². The monoisotopic (exact) mass is 340 g/mol. The molecule has 134 valence electrons. The summed E-state index contributed by atoms with van der Waals surface area (Å²) in [6.07, 6.45) is 8.85. The van der Waals surface area contributed by atoms with Crippen molar-refractivity contribution in [2.45, 2.75) is 51.9 Å². The van der Waals surface area contributed by atoms with Gasteiger partial charge in [0.2, 0.25) is 0 Å². The SMILES string of the molecule is CCCN(CCC)C(=O)Nc1cccc2c1CCCC2c1cnc[nH]1. The Balaban J connectivity index is 1.84. The molecular weight excluding hydrogens is 312 g/mol. The van der Waals surface area contributed by atoms with Gasteiger partial charge in [-0.05, 0) is 49.3 Å². The molecule has 2 amide bonds. The van der Waals surface area contributed by atoms with E-state index in [4.69, 9.17) is 0 Å². The highest BCUT2D eigenvalue weighted by Gasteiger charge is 2.25. The van der Waals surface area contributed by atoms with Crippen LogP contribution < -0.4 is 5.32 Å². The van der Waals surface area contributed by atoms with Crippen LogP contribution in [0.3, 0.4) is 0 Å². The van der Waals surface area contributed by atoms with Crippen LogP contribution in [-0.2, 0) is 6.42 Å². The zero-order chi connectivity index (χ0) is 17.6. The van der Waals surface area contributed by atoms with Gasteiger partial charge >= 0.3 is 6.03 Å². The molecule has 3 rings (SSSR count). The minimum atomic E-state index is 0.0146. The Hall–Kier alpha value is -2.30. The summed E-state index contributed by atoms with van der Waals surface area (Å²) in [5.41, 5.74) is 4.70. The lowest BCUT2D eigenvalue weighted by Crippen LogP contribution is -2.36. The molecule has 0 aliphatic heterocycles. The molecular formula is C20H28N4O. The van der Waals surface area contributed by atoms with E-state index in [0.717, 1.165) is 56.6 Å². The number of imidazole rings is 1. The number of H-pyrrole nitrogens is 1. The van der Waals surface area contributed by atoms with Crippen LogP contribution in [0.1, 0.15) is 62.3 Å². The van der Waals surface area contributed by atoms with Crippen LogP contribution in [0, 0.1) is 0 Å². The van der Waals surface area contributed by atoms with Crippen LogP contribution in [0.5, 0.6) is 0 Å². The minimum Gasteiger partial charge on any atom is -0.348 e. The Morgan fingerprint density at radius 3 is 2.80 bits per heavy atom. The van der Waals surface area contributed by atoms with E-state index in [9.17, 15) is 4.79 Å². The molecule has 1 heterocycles. The lowest BCUT2D eigenvalue weighted by Gasteiger charge is -2.28. The molecule has 1 aliphatic rings. The first-order chi connectivity index (χ1) is 12.2. The zero-order valence-electron chi connectivity index (χ0n) is 15.2. The average Bonchev–Trinajstić information content (AvgIpc) is 3.16. The zero-order valence-corrected chi connectivity index (χ0v) is 15.2. The molecule has 1 aromatic carbocycles. The van der Waals surface area contributed by atoms with Gasteiger partial charge in [-0.25, -0.2) is 9.78 Å². The third-order valence-corrected chi connectivity index (χ3v) is 4.92. The van der Waals surface area contributed by atoms with Crippen molar-refractivity contribution in [3.63, 3.8) is 0 Å². The van der Waals surface area contributed by atoms with Gasteiger partial charge in [0.25, 0.3) is 0 Å². The van der Waals surface area contributed by atoms with Crippen LogP contribution >= 0.6 is 0 Å². The maximum Gasteiger partial charge on any atom is 0.321 e. The summed E-state index contributed by atoms with van der Waals surface area (Å²) in [5, 5.41) is 3.17. The van der Waals surface area contributed by atoms with Gasteiger partial charge in [-0.3, -0.25) is 0 Å². The molecule has 0 saturated heterocycles. The molecule has 0 fully saturated rings. The summed E-state index contributed by atoms with van der Waals surface area (Å²) in [6.45, 7) is 5.81. The number of carbonyl (C=O) groups is 1. The first-order valence-corrected chi connectivity index (χ1v) is 9.40. The summed E-state index contributed by atoms with van der Waals surface area (Å²) >= 11 is 0. The van der Waals surface area contributed by atoms with E-state index in [0.29, 0.717) is 5.92 Å². The third-order valence-electron chi connectivity index (χ3n) is 4.92. The standard InChI is InChI=1S/C20H28N4O/c1-3-11-24(12-4-2)20(25)23-18-10-6-7-15-16(18)8-5-9-17(15)19-13-21-14-22-19/h6-7,10,13-14,17H,3-5,8-9,11-12H2,1-2H3,(H,21,22)(H,23,25). The fraction of sp³-hybridized carbons (Fsp3) is 0.500. The van der Waals surface area contributed by atoms with Crippen molar-refractivity contribution in [1.82, 2.24) is 14.9 Å². The topological polar surface area (TPSA) is 61.0 Å². The number of benzene rings is 1. The van der Waals surface area contributed by atoms with Crippen molar-refractivity contribution in [3.8, 4) is 0 Å². The van der Waals surface area contributed by atoms with Gasteiger partial charge in [-0.2, -0.15) is 0 Å². The number of hydrogen-bond acceptors (Lipinski definition) is 2. The molecule has 2 aromatic rings. The number of nitrogens with zero attached hydrogens (tertiary/aromatic N) is 2. The summed E-state index contributed by atoms with van der Waals surface area (Å²) in [7, 11) is 0. The molecule has 25 heavy (non-hydrogen) atoms. The molecule has 1 atom stereocenters. The largest absolute Gasteiger partial charge is 0.348 e. The van der Waals surface area contributed by atoms with E-state index in [1.54, 1.807) is 6.33 Å². The van der Waals surface area contributed by atoms with E-state index < -0.39 is 0 Å². The van der Waals surface area contributed by atoms with Crippen molar-refractivity contribution in [3.05, 3.63) is 47.5 Å². The molecule has 0 bridgehead atoms. The van der Waals surface area contributed by atoms with Crippen LogP contribution in [-0.4, -0.2) is 34.0 Å². The second kappa shape index (κ2) is 8.19. The quantitative estimate of drug-likeness (QED) is 0.811. The lowest BCUT2D eigenvalue weighted by molar-refractivity contribution is 0.211. The Morgan fingerprint density at radius 2 is 2.12 bits per heavy atom. The van der Waals surface area contributed by atoms with Crippen LogP contribution in [0.2, 0.25) is 0 Å². The van der Waals surface area contributed by atoms with E-state index >= 15 is 0 Å². The predicted octanol–water partition coefficient (Wildman–Crippen LogP) is 4.53. The summed E-state index contributed by atoms with van der Waals surface area (Å²) in [6, 6.07) is 6.28. The minimum absolute atomic E-state index is 0.0146. The molecule has 1 aliphatic carbocycles. The van der Waals surface area contributed by atoms with Crippen molar-refractivity contribution in [1.29, 1.82) is 0 Å². The van der Waals surface area contributed by atoms with Crippen molar-refractivity contribution >= 4 is 11.7 Å². The Morgan fingerprint density at radius 1 is 1.32 bits per heavy atom. The average molecular weight is 340 g/mol. The molecule has 5 heteroatoms. The first kappa shape index (κ1) is 17.5. The number of anilines is 1. The molecule has 1 unspecified atom stereocenters. The van der Waals surface area contributed by atoms with Gasteiger partial charge in [0.05, 0.1) is 6.33 Å². The number of amides is 2. The maximum atomic E-state index is 12.7. The van der Waals surface area contributed by atoms with Gasteiger partial charge in [-0.1, -0.05) is 26.0 Å². The number of aromatic nitrogens is 2. The van der Waals surface area contributed by atoms with Crippen LogP contribution in [0.15, 0.2) is 30.7 Å². The van der Waals surface area contributed by atoms with E-state index in [1.165, 1.54) is 11.1 Å². The Kier molecular flexibility index (Phi) is 5.74. The van der Waals surface area contributed by atoms with Gasteiger partial charge in [0, 0.05) is 36.6 Å². The highest BCUT2D eigenvalue weighted by atomic mass is 16.2. The fourth-order valence-electron chi connectivity index (χ4n) is 3.79. The number of nitrogens with one attached hydrogen (secondary N) is 2. The number of carbonyl (C=O) groups excluding carboxylic acids is 1. The third kappa shape index (κ3) is 3.86. The highest BCUT2D eigenvalue weighted by molar-refractivity contribution is 5.90. The van der Waals surface area contributed by atoms with Crippen molar-refractivity contribution in [2.24, 2.45) is 0 Å². The number of fused-ring (bicyclic) bond motifs is 1. The van der Waals surface area contributed by atoms with E-state index in [-0.39, 0.29) is 6.03 Å². The van der Waals surface area contributed by atoms with E-state index in [2.05, 4.69) is 35.2 Å². The fourth-order valence-corrected chi connectivity index (χ4v) is 3.79. The molecule has 0 spiro atoms. The van der Waals surface area contributed by atoms with Gasteiger partial charge < -0.3 is 15.2 Å². The highest BCUT2D eigenvalue weighted by Crippen LogP contribution is 2.38. The lowest BCUT2D eigenvalue weighted by atomic mass is 9.80. The summed E-state index contributed by atoms with van der Waals surface area (Å²) < 4.78 is 0. The number of hydrogen-bond donors (Lipinski definition) is 2. The molecule has 2 N–H and O–H groups in total. The van der Waals surface area contributed by atoms with Gasteiger partial charge in [0.1, 0.15) is 0 Å². The second-order valence-electron chi connectivity index (χ2n) is 6.74. The molecule has 1 aromatic heterocycles. The first-order valence-electron chi connectivity index (χ1n) is 9.40. The van der Waals surface area contributed by atoms with Crippen LogP contribution in [0.25, 0.3) is 0 Å². The maximum absolute atomic E-state index is 12.7. The number of aromatic amines is 1. The molecule has 0 saturated carbocycles. The summed E-state index contributed by atoms with van der Waals surface area (Å²) in [5.74, 6) is 0.338. The predicted molar refractivity (Wildman–Crippen MR) is 101 cm³/mol. The Bertz CT molecular complexity index is 690. The van der Waals surface area contributed by atoms with Crippen molar-refractivity contribution in [2.75, 3.05) is 18.4 Å². The van der Waals surface area contributed by atoms with Gasteiger partial charge in [-0.15, -0.1) is 0 Å².